The number of thiazole rings is 1. The van der Waals surface area contributed by atoms with Crippen molar-refractivity contribution < 1.29 is 13.2 Å². The fourth-order valence-electron chi connectivity index (χ4n) is 1.55. The van der Waals surface area contributed by atoms with Gasteiger partial charge in [-0.1, -0.05) is 12.1 Å². The third-order valence-corrected chi connectivity index (χ3v) is 4.53. The highest BCUT2D eigenvalue weighted by Gasteiger charge is 2.09. The van der Waals surface area contributed by atoms with E-state index in [9.17, 15) is 13.2 Å². The molecule has 0 fully saturated rings. The van der Waals surface area contributed by atoms with Crippen molar-refractivity contribution in [2.24, 2.45) is 0 Å². The van der Waals surface area contributed by atoms with E-state index >= 15 is 0 Å². The predicted molar refractivity (Wildman–Crippen MR) is 77.6 cm³/mol. The molecule has 2 rings (SSSR count). The maximum absolute atomic E-state index is 11.6. The van der Waals surface area contributed by atoms with Crippen molar-refractivity contribution >= 4 is 37.0 Å². The minimum absolute atomic E-state index is 0.0643. The van der Waals surface area contributed by atoms with Crippen LogP contribution in [0.15, 0.2) is 40.1 Å². The number of nitrogens with one attached hydrogen (secondary N) is 1. The number of carbonyl (C=O) groups is 1. The van der Waals surface area contributed by atoms with Gasteiger partial charge in [-0.3, -0.25) is 4.79 Å². The quantitative estimate of drug-likeness (QED) is 0.851. The molecule has 0 aliphatic carbocycles. The Morgan fingerprint density at radius 3 is 2.55 bits per heavy atom. The van der Waals surface area contributed by atoms with Gasteiger partial charge < -0.3 is 5.32 Å². The topological polar surface area (TPSA) is 76.1 Å². The Morgan fingerprint density at radius 2 is 2.00 bits per heavy atom. The van der Waals surface area contributed by atoms with Crippen LogP contribution < -0.4 is 5.32 Å². The summed E-state index contributed by atoms with van der Waals surface area (Å²) < 4.78 is 22.2. The normalized spacial score (nSPS) is 11.2. The minimum atomic E-state index is -3.69. The van der Waals surface area contributed by atoms with Crippen molar-refractivity contribution in [2.75, 3.05) is 6.54 Å². The molecular weight excluding hydrogens is 320 g/mol. The largest absolute Gasteiger partial charge is 0.350 e. The molecule has 106 valence electrons. The molecule has 0 atom stereocenters. The highest BCUT2D eigenvalue weighted by Crippen LogP contribution is 2.15. The summed E-state index contributed by atoms with van der Waals surface area (Å²) in [7, 11) is 1.54. The second-order valence-electron chi connectivity index (χ2n) is 3.96. The Bertz CT molecular complexity index is 682. The van der Waals surface area contributed by atoms with Gasteiger partial charge in [0.25, 0.3) is 15.0 Å². The summed E-state index contributed by atoms with van der Waals surface area (Å²) in [6.45, 7) is 0.448. The summed E-state index contributed by atoms with van der Waals surface area (Å²) in [6, 6.07) is 6.23. The lowest BCUT2D eigenvalue weighted by Gasteiger charge is -2.04. The van der Waals surface area contributed by atoms with Crippen molar-refractivity contribution in [3.8, 4) is 0 Å². The first-order valence-corrected chi connectivity index (χ1v) is 8.92. The Balaban J connectivity index is 1.87. The van der Waals surface area contributed by atoms with E-state index in [1.165, 1.54) is 23.5 Å². The molecular formula is C12H11ClN2O3S2. The van der Waals surface area contributed by atoms with Gasteiger partial charge in [0.05, 0.1) is 10.4 Å². The minimum Gasteiger partial charge on any atom is -0.350 e. The summed E-state index contributed by atoms with van der Waals surface area (Å²) in [5.74, 6) is -0.216. The average Bonchev–Trinajstić information content (AvgIpc) is 2.92. The molecule has 0 spiro atoms. The molecule has 8 heteroatoms. The first-order chi connectivity index (χ1) is 9.47. The fraction of sp³-hybridized carbons (Fsp3) is 0.167. The van der Waals surface area contributed by atoms with E-state index in [0.29, 0.717) is 18.7 Å². The zero-order valence-electron chi connectivity index (χ0n) is 10.2. The van der Waals surface area contributed by atoms with Crippen LogP contribution in [0.1, 0.15) is 16.1 Å². The Kier molecular flexibility index (Phi) is 4.74. The fourth-order valence-corrected chi connectivity index (χ4v) is 2.86. The smallest absolute Gasteiger partial charge is 0.270 e. The highest BCUT2D eigenvalue weighted by atomic mass is 35.7. The molecule has 0 radical (unpaired) electrons. The van der Waals surface area contributed by atoms with Gasteiger partial charge >= 0.3 is 0 Å². The molecule has 0 unspecified atom stereocenters. The number of nitrogens with zero attached hydrogens (tertiary/aromatic N) is 1. The van der Waals surface area contributed by atoms with Crippen LogP contribution in [-0.4, -0.2) is 25.9 Å². The predicted octanol–water partition coefficient (Wildman–Crippen LogP) is 2.04. The molecule has 1 aromatic carbocycles. The van der Waals surface area contributed by atoms with Gasteiger partial charge in [0, 0.05) is 22.6 Å². The summed E-state index contributed by atoms with van der Waals surface area (Å²) in [5, 5.41) is 4.42. The molecule has 20 heavy (non-hydrogen) atoms. The lowest BCUT2D eigenvalue weighted by molar-refractivity contribution is 0.0950. The first-order valence-electron chi connectivity index (χ1n) is 5.67. The maximum atomic E-state index is 11.6. The zero-order valence-corrected chi connectivity index (χ0v) is 12.6. The zero-order chi connectivity index (χ0) is 14.6. The third kappa shape index (κ3) is 4.03. The molecule has 0 saturated heterocycles. The molecule has 0 aliphatic heterocycles. The van der Waals surface area contributed by atoms with Crippen molar-refractivity contribution in [2.45, 2.75) is 11.3 Å². The van der Waals surface area contributed by atoms with E-state index in [2.05, 4.69) is 10.3 Å². The lowest BCUT2D eigenvalue weighted by Crippen LogP contribution is -2.25. The van der Waals surface area contributed by atoms with Crippen LogP contribution in [0.25, 0.3) is 0 Å². The number of hydrogen-bond acceptors (Lipinski definition) is 5. The summed E-state index contributed by atoms with van der Waals surface area (Å²) in [5.41, 5.74) is 2.91. The van der Waals surface area contributed by atoms with Gasteiger partial charge in [0.2, 0.25) is 0 Å². The van der Waals surface area contributed by atoms with E-state index in [1.54, 1.807) is 23.0 Å². The molecule has 1 N–H and O–H groups in total. The summed E-state index contributed by atoms with van der Waals surface area (Å²) in [6.07, 6.45) is 0.596. The van der Waals surface area contributed by atoms with Crippen LogP contribution in [0, 0.1) is 0 Å². The maximum Gasteiger partial charge on any atom is 0.270 e. The molecule has 1 amide bonds. The van der Waals surface area contributed by atoms with Crippen LogP contribution in [-0.2, 0) is 15.5 Å². The lowest BCUT2D eigenvalue weighted by atomic mass is 10.1. The Hall–Kier alpha value is -1.44. The Labute approximate surface area is 125 Å². The van der Waals surface area contributed by atoms with Gasteiger partial charge in [-0.25, -0.2) is 13.4 Å². The summed E-state index contributed by atoms with van der Waals surface area (Å²) in [4.78, 5) is 15.6. The number of halogens is 1. The number of benzene rings is 1. The number of carbonyl (C=O) groups excluding carboxylic acids is 1. The third-order valence-electron chi connectivity index (χ3n) is 2.57. The van der Waals surface area contributed by atoms with Crippen molar-refractivity contribution in [1.82, 2.24) is 10.3 Å². The second kappa shape index (κ2) is 6.34. The van der Waals surface area contributed by atoms with Crippen LogP contribution in [0.3, 0.4) is 0 Å². The molecule has 5 nitrogen and oxygen atoms in total. The summed E-state index contributed by atoms with van der Waals surface area (Å²) >= 11 is 1.36. The van der Waals surface area contributed by atoms with E-state index in [1.807, 2.05) is 0 Å². The van der Waals surface area contributed by atoms with Crippen LogP contribution in [0.4, 0.5) is 0 Å². The standard InChI is InChI=1S/C12H11ClN2O3S2/c13-20(17,18)10-3-1-9(2-4-10)5-6-14-12(16)11-7-19-8-15-11/h1-4,7-8H,5-6H2,(H,14,16). The van der Waals surface area contributed by atoms with Crippen molar-refractivity contribution in [1.29, 1.82) is 0 Å². The molecule has 0 bridgehead atoms. The molecule has 1 heterocycles. The molecule has 1 aromatic heterocycles. The Morgan fingerprint density at radius 1 is 1.30 bits per heavy atom. The average molecular weight is 331 g/mol. The van der Waals surface area contributed by atoms with Gasteiger partial charge in [0.1, 0.15) is 5.69 Å². The van der Waals surface area contributed by atoms with Gasteiger partial charge in [-0.15, -0.1) is 11.3 Å². The van der Waals surface area contributed by atoms with Gasteiger partial charge in [-0.05, 0) is 24.1 Å². The molecule has 2 aromatic rings. The van der Waals surface area contributed by atoms with Crippen LogP contribution >= 0.6 is 22.0 Å². The number of aromatic nitrogens is 1. The van der Waals surface area contributed by atoms with E-state index in [0.717, 1.165) is 5.56 Å². The molecule has 0 aliphatic rings. The monoisotopic (exact) mass is 330 g/mol. The number of hydrogen-bond donors (Lipinski definition) is 1. The van der Waals surface area contributed by atoms with Crippen molar-refractivity contribution in [3.63, 3.8) is 0 Å². The van der Waals surface area contributed by atoms with Crippen molar-refractivity contribution in [3.05, 3.63) is 46.4 Å². The molecule has 0 saturated carbocycles. The van der Waals surface area contributed by atoms with Gasteiger partial charge in [0.15, 0.2) is 0 Å². The van der Waals surface area contributed by atoms with E-state index in [-0.39, 0.29) is 10.8 Å². The van der Waals surface area contributed by atoms with E-state index < -0.39 is 9.05 Å². The second-order valence-corrected chi connectivity index (χ2v) is 7.25. The number of amides is 1. The highest BCUT2D eigenvalue weighted by molar-refractivity contribution is 8.13. The number of rotatable bonds is 5. The SMILES string of the molecule is O=C(NCCc1ccc(S(=O)(=O)Cl)cc1)c1cscn1. The van der Waals surface area contributed by atoms with E-state index in [4.69, 9.17) is 10.7 Å². The van der Waals surface area contributed by atoms with Crippen LogP contribution in [0.2, 0.25) is 0 Å². The van der Waals surface area contributed by atoms with Gasteiger partial charge in [-0.2, -0.15) is 0 Å². The first kappa shape index (κ1) is 15.0. The van der Waals surface area contributed by atoms with Crippen LogP contribution in [0.5, 0.6) is 0 Å².